The molecule has 1 rings (SSSR count). The highest BCUT2D eigenvalue weighted by Crippen LogP contribution is 2.51. The minimum atomic E-state index is -0.768. The summed E-state index contributed by atoms with van der Waals surface area (Å²) in [7, 11) is 0. The molecule has 2 heteroatoms. The SMILES string of the molecule is C#CCCC1(C(O)CC#C)CC(C)(C)CC1=O. The molecule has 2 atom stereocenters. The van der Waals surface area contributed by atoms with Crippen LogP contribution in [0.5, 0.6) is 0 Å². The highest BCUT2D eigenvalue weighted by molar-refractivity contribution is 5.88. The van der Waals surface area contributed by atoms with Crippen molar-refractivity contribution in [1.82, 2.24) is 0 Å². The Morgan fingerprint density at radius 1 is 1.41 bits per heavy atom. The Balaban J connectivity index is 3.00. The van der Waals surface area contributed by atoms with Gasteiger partial charge in [0.25, 0.3) is 0 Å². The van der Waals surface area contributed by atoms with E-state index in [0.717, 1.165) is 0 Å². The predicted octanol–water partition coefficient (Wildman–Crippen LogP) is 2.16. The summed E-state index contributed by atoms with van der Waals surface area (Å²) in [4.78, 5) is 12.2. The van der Waals surface area contributed by atoms with Crippen LogP contribution in [0, 0.1) is 35.5 Å². The molecular formula is C15H20O2. The number of carbonyl (C=O) groups is 1. The number of ketones is 1. The molecule has 0 bridgehead atoms. The summed E-state index contributed by atoms with van der Waals surface area (Å²) >= 11 is 0. The van der Waals surface area contributed by atoms with Gasteiger partial charge in [-0.2, -0.15) is 0 Å². The molecule has 1 fully saturated rings. The molecule has 0 aliphatic heterocycles. The first-order valence-corrected chi connectivity index (χ1v) is 5.96. The highest BCUT2D eigenvalue weighted by Gasteiger charge is 2.53. The third-order valence-electron chi connectivity index (χ3n) is 3.65. The van der Waals surface area contributed by atoms with Crippen LogP contribution in [0.4, 0.5) is 0 Å². The Hall–Kier alpha value is -1.25. The van der Waals surface area contributed by atoms with E-state index in [1.54, 1.807) is 0 Å². The summed E-state index contributed by atoms with van der Waals surface area (Å²) in [6.07, 6.45) is 12.2. The molecule has 1 N–H and O–H groups in total. The Morgan fingerprint density at radius 3 is 2.47 bits per heavy atom. The third kappa shape index (κ3) is 2.71. The highest BCUT2D eigenvalue weighted by atomic mass is 16.3. The molecule has 0 aromatic heterocycles. The van der Waals surface area contributed by atoms with Crippen molar-refractivity contribution in [3.63, 3.8) is 0 Å². The van der Waals surface area contributed by atoms with Crippen LogP contribution in [-0.2, 0) is 4.79 Å². The maximum Gasteiger partial charge on any atom is 0.142 e. The normalized spacial score (nSPS) is 28.4. The quantitative estimate of drug-likeness (QED) is 0.754. The molecule has 0 aromatic rings. The van der Waals surface area contributed by atoms with Crippen LogP contribution >= 0.6 is 0 Å². The molecule has 0 aromatic carbocycles. The lowest BCUT2D eigenvalue weighted by Gasteiger charge is -2.33. The van der Waals surface area contributed by atoms with Crippen molar-refractivity contribution in [2.75, 3.05) is 0 Å². The topological polar surface area (TPSA) is 37.3 Å². The summed E-state index contributed by atoms with van der Waals surface area (Å²) in [6, 6.07) is 0. The second kappa shape index (κ2) is 4.94. The summed E-state index contributed by atoms with van der Waals surface area (Å²) in [5.41, 5.74) is -0.788. The van der Waals surface area contributed by atoms with Gasteiger partial charge in [-0.05, 0) is 18.3 Å². The number of carbonyl (C=O) groups excluding carboxylic acids is 1. The van der Waals surface area contributed by atoms with Gasteiger partial charge >= 0.3 is 0 Å². The van der Waals surface area contributed by atoms with Crippen molar-refractivity contribution in [2.45, 2.75) is 52.1 Å². The van der Waals surface area contributed by atoms with Crippen molar-refractivity contribution in [3.05, 3.63) is 0 Å². The van der Waals surface area contributed by atoms with Gasteiger partial charge in [-0.15, -0.1) is 24.7 Å². The smallest absolute Gasteiger partial charge is 0.142 e. The van der Waals surface area contributed by atoms with Crippen LogP contribution in [-0.4, -0.2) is 17.0 Å². The first-order chi connectivity index (χ1) is 7.88. The fourth-order valence-corrected chi connectivity index (χ4v) is 2.93. The Morgan fingerprint density at radius 2 is 2.06 bits per heavy atom. The van der Waals surface area contributed by atoms with E-state index in [2.05, 4.69) is 11.8 Å². The van der Waals surface area contributed by atoms with Crippen molar-refractivity contribution in [2.24, 2.45) is 10.8 Å². The molecule has 2 unspecified atom stereocenters. The predicted molar refractivity (Wildman–Crippen MR) is 68.0 cm³/mol. The molecule has 1 aliphatic carbocycles. The van der Waals surface area contributed by atoms with Crippen molar-refractivity contribution in [1.29, 1.82) is 0 Å². The maximum atomic E-state index is 12.2. The van der Waals surface area contributed by atoms with Gasteiger partial charge in [-0.25, -0.2) is 0 Å². The minimum absolute atomic E-state index is 0.0682. The van der Waals surface area contributed by atoms with E-state index in [-0.39, 0.29) is 17.6 Å². The number of rotatable bonds is 4. The molecule has 0 amide bonds. The van der Waals surface area contributed by atoms with Crippen LogP contribution < -0.4 is 0 Å². The first-order valence-electron chi connectivity index (χ1n) is 5.96. The number of Topliss-reactive ketones (excluding diaryl/α,β-unsaturated/α-hetero) is 1. The number of aliphatic hydroxyl groups is 1. The fourth-order valence-electron chi connectivity index (χ4n) is 2.93. The van der Waals surface area contributed by atoms with Gasteiger partial charge in [0.15, 0.2) is 0 Å². The van der Waals surface area contributed by atoms with Crippen LogP contribution in [0.2, 0.25) is 0 Å². The van der Waals surface area contributed by atoms with Crippen molar-refractivity contribution >= 4 is 5.78 Å². The molecule has 0 spiro atoms. The Bertz CT molecular complexity index is 381. The first kappa shape index (κ1) is 13.8. The molecule has 17 heavy (non-hydrogen) atoms. The average Bonchev–Trinajstić information content (AvgIpc) is 2.47. The Kier molecular flexibility index (Phi) is 4.02. The maximum absolute atomic E-state index is 12.2. The number of hydrogen-bond donors (Lipinski definition) is 1. The van der Waals surface area contributed by atoms with Gasteiger partial charge in [-0.3, -0.25) is 4.79 Å². The average molecular weight is 232 g/mol. The summed E-state index contributed by atoms with van der Waals surface area (Å²) < 4.78 is 0. The van der Waals surface area contributed by atoms with Gasteiger partial charge in [-0.1, -0.05) is 13.8 Å². The molecule has 2 nitrogen and oxygen atoms in total. The van der Waals surface area contributed by atoms with Gasteiger partial charge in [0, 0.05) is 19.3 Å². The third-order valence-corrected chi connectivity index (χ3v) is 3.65. The van der Waals surface area contributed by atoms with E-state index in [4.69, 9.17) is 12.8 Å². The monoisotopic (exact) mass is 232 g/mol. The number of aliphatic hydroxyl groups excluding tert-OH is 1. The van der Waals surface area contributed by atoms with E-state index >= 15 is 0 Å². The summed E-state index contributed by atoms with van der Waals surface area (Å²) in [6.45, 7) is 4.09. The second-order valence-electron chi connectivity index (χ2n) is 5.73. The number of terminal acetylenes is 2. The second-order valence-corrected chi connectivity index (χ2v) is 5.73. The van der Waals surface area contributed by atoms with Gasteiger partial charge in [0.2, 0.25) is 0 Å². The van der Waals surface area contributed by atoms with E-state index in [0.29, 0.717) is 25.7 Å². The summed E-state index contributed by atoms with van der Waals surface area (Å²) in [5.74, 6) is 5.10. The van der Waals surface area contributed by atoms with Gasteiger partial charge in [0.1, 0.15) is 5.78 Å². The number of hydrogen-bond acceptors (Lipinski definition) is 2. The zero-order valence-corrected chi connectivity index (χ0v) is 10.6. The van der Waals surface area contributed by atoms with Gasteiger partial charge < -0.3 is 5.11 Å². The zero-order valence-electron chi connectivity index (χ0n) is 10.6. The molecule has 1 saturated carbocycles. The molecule has 0 saturated heterocycles. The lowest BCUT2D eigenvalue weighted by atomic mass is 9.72. The fraction of sp³-hybridized carbons (Fsp3) is 0.667. The van der Waals surface area contributed by atoms with Crippen molar-refractivity contribution < 1.29 is 9.90 Å². The Labute approximate surface area is 104 Å². The molecule has 0 radical (unpaired) electrons. The van der Waals surface area contributed by atoms with E-state index in [9.17, 15) is 9.90 Å². The van der Waals surface area contributed by atoms with E-state index < -0.39 is 11.5 Å². The molecule has 1 aliphatic rings. The van der Waals surface area contributed by atoms with Crippen LogP contribution in [0.25, 0.3) is 0 Å². The lowest BCUT2D eigenvalue weighted by molar-refractivity contribution is -0.132. The van der Waals surface area contributed by atoms with E-state index in [1.165, 1.54) is 0 Å². The molecule has 0 heterocycles. The van der Waals surface area contributed by atoms with Crippen LogP contribution in [0.3, 0.4) is 0 Å². The van der Waals surface area contributed by atoms with Crippen LogP contribution in [0.15, 0.2) is 0 Å². The zero-order chi connectivity index (χ0) is 13.1. The van der Waals surface area contributed by atoms with Crippen molar-refractivity contribution in [3.8, 4) is 24.7 Å². The van der Waals surface area contributed by atoms with Crippen LogP contribution in [0.1, 0.15) is 46.0 Å². The molecule has 92 valence electrons. The molecular weight excluding hydrogens is 212 g/mol. The minimum Gasteiger partial charge on any atom is -0.391 e. The van der Waals surface area contributed by atoms with E-state index in [1.807, 2.05) is 13.8 Å². The standard InChI is InChI=1S/C15H20O2/c1-5-7-9-15(12(16)8-6-2)11-14(3,4)10-13(15)17/h1-2,12,16H,7-11H2,3-4H3. The lowest BCUT2D eigenvalue weighted by Crippen LogP contribution is -2.39. The van der Waals surface area contributed by atoms with Gasteiger partial charge in [0.05, 0.1) is 11.5 Å². The summed E-state index contributed by atoms with van der Waals surface area (Å²) in [5, 5.41) is 10.2. The largest absolute Gasteiger partial charge is 0.391 e.